The number of halogens is 1. The Bertz CT molecular complexity index is 617. The van der Waals surface area contributed by atoms with E-state index in [1.165, 1.54) is 0 Å². The van der Waals surface area contributed by atoms with Gasteiger partial charge >= 0.3 is 0 Å². The van der Waals surface area contributed by atoms with Crippen LogP contribution in [0.1, 0.15) is 18.5 Å². The molecule has 0 amide bonds. The van der Waals surface area contributed by atoms with Gasteiger partial charge in [-0.25, -0.2) is 0 Å². The first-order valence-corrected chi connectivity index (χ1v) is 7.48. The fourth-order valence-corrected chi connectivity index (χ4v) is 2.71. The van der Waals surface area contributed by atoms with Gasteiger partial charge in [-0.2, -0.15) is 0 Å². The Labute approximate surface area is 129 Å². The number of fused-ring (bicyclic) bond motifs is 1. The van der Waals surface area contributed by atoms with Crippen LogP contribution in [-0.2, 0) is 0 Å². The van der Waals surface area contributed by atoms with Gasteiger partial charge < -0.3 is 14.8 Å². The summed E-state index contributed by atoms with van der Waals surface area (Å²) in [5.41, 5.74) is 1.09. The van der Waals surface area contributed by atoms with Gasteiger partial charge in [-0.3, -0.25) is 0 Å². The van der Waals surface area contributed by atoms with E-state index in [-0.39, 0.29) is 12.1 Å². The normalized spacial score (nSPS) is 18.3. The number of ether oxygens (including phenoxy) is 2. The van der Waals surface area contributed by atoms with Crippen molar-refractivity contribution in [2.24, 2.45) is 0 Å². The topological polar surface area (TPSA) is 30.5 Å². The van der Waals surface area contributed by atoms with Crippen molar-refractivity contribution in [3.8, 4) is 11.5 Å². The van der Waals surface area contributed by atoms with Crippen LogP contribution in [0.3, 0.4) is 0 Å². The van der Waals surface area contributed by atoms with Crippen LogP contribution in [0.2, 0.25) is 5.02 Å². The second-order valence-corrected chi connectivity index (χ2v) is 5.56. The molecule has 2 atom stereocenters. The zero-order valence-corrected chi connectivity index (χ0v) is 12.6. The number of nitrogens with one attached hydrogen (secondary N) is 1. The van der Waals surface area contributed by atoms with Crippen LogP contribution in [0.25, 0.3) is 0 Å². The molecule has 0 bridgehead atoms. The van der Waals surface area contributed by atoms with E-state index in [4.69, 9.17) is 21.1 Å². The maximum atomic E-state index is 6.21. The smallest absolute Gasteiger partial charge is 0.161 e. The molecular weight excluding hydrogens is 286 g/mol. The van der Waals surface area contributed by atoms with Crippen molar-refractivity contribution in [2.75, 3.05) is 13.2 Å². The SMILES string of the molecule is CC(NCC1COc2ccccc2O1)c1ccccc1Cl. The molecule has 0 fully saturated rings. The van der Waals surface area contributed by atoms with Crippen LogP contribution in [0.4, 0.5) is 0 Å². The van der Waals surface area contributed by atoms with Gasteiger partial charge in [0, 0.05) is 17.6 Å². The predicted octanol–water partition coefficient (Wildman–Crippen LogP) is 3.83. The van der Waals surface area contributed by atoms with E-state index in [0.717, 1.165) is 22.1 Å². The summed E-state index contributed by atoms with van der Waals surface area (Å²) in [6.07, 6.45) is 0.00448. The van der Waals surface area contributed by atoms with Crippen molar-refractivity contribution in [3.63, 3.8) is 0 Å². The molecule has 1 N–H and O–H groups in total. The maximum Gasteiger partial charge on any atom is 0.161 e. The molecule has 21 heavy (non-hydrogen) atoms. The second kappa shape index (κ2) is 6.37. The van der Waals surface area contributed by atoms with Gasteiger partial charge in [-0.15, -0.1) is 0 Å². The van der Waals surface area contributed by atoms with Gasteiger partial charge in [0.15, 0.2) is 11.5 Å². The zero-order chi connectivity index (χ0) is 14.7. The van der Waals surface area contributed by atoms with E-state index in [1.54, 1.807) is 0 Å². The summed E-state index contributed by atoms with van der Waals surface area (Å²) in [5.74, 6) is 1.62. The summed E-state index contributed by atoms with van der Waals surface area (Å²) in [5, 5.41) is 4.23. The van der Waals surface area contributed by atoms with E-state index < -0.39 is 0 Å². The molecule has 2 aromatic carbocycles. The summed E-state index contributed by atoms with van der Waals surface area (Å²) >= 11 is 6.21. The average Bonchev–Trinajstić information content (AvgIpc) is 2.53. The van der Waals surface area contributed by atoms with Crippen molar-refractivity contribution in [1.29, 1.82) is 0 Å². The molecule has 3 rings (SSSR count). The van der Waals surface area contributed by atoms with Crippen LogP contribution in [0.15, 0.2) is 48.5 Å². The summed E-state index contributed by atoms with van der Waals surface area (Å²) < 4.78 is 11.6. The number of benzene rings is 2. The Morgan fingerprint density at radius 1 is 1.14 bits per heavy atom. The number of hydrogen-bond donors (Lipinski definition) is 1. The fraction of sp³-hybridized carbons (Fsp3) is 0.294. The molecule has 1 aliphatic heterocycles. The van der Waals surface area contributed by atoms with Crippen molar-refractivity contribution in [2.45, 2.75) is 19.1 Å². The second-order valence-electron chi connectivity index (χ2n) is 5.15. The summed E-state index contributed by atoms with van der Waals surface area (Å²) in [4.78, 5) is 0. The van der Waals surface area contributed by atoms with Crippen molar-refractivity contribution in [3.05, 3.63) is 59.1 Å². The van der Waals surface area contributed by atoms with Crippen LogP contribution >= 0.6 is 11.6 Å². The molecule has 1 aliphatic rings. The first-order chi connectivity index (χ1) is 10.2. The lowest BCUT2D eigenvalue weighted by Crippen LogP contribution is -2.39. The molecule has 0 saturated heterocycles. The van der Waals surface area contributed by atoms with Gasteiger partial charge in [-0.05, 0) is 30.7 Å². The third kappa shape index (κ3) is 3.31. The average molecular weight is 304 g/mol. The van der Waals surface area contributed by atoms with Gasteiger partial charge in [-0.1, -0.05) is 41.9 Å². The molecule has 0 radical (unpaired) electrons. The van der Waals surface area contributed by atoms with Crippen LogP contribution in [0.5, 0.6) is 11.5 Å². The molecule has 0 aliphatic carbocycles. The Morgan fingerprint density at radius 3 is 2.67 bits per heavy atom. The van der Waals surface area contributed by atoms with E-state index in [2.05, 4.69) is 12.2 Å². The molecule has 0 aromatic heterocycles. The molecule has 3 nitrogen and oxygen atoms in total. The number of hydrogen-bond acceptors (Lipinski definition) is 3. The maximum absolute atomic E-state index is 6.21. The van der Waals surface area contributed by atoms with Crippen LogP contribution in [-0.4, -0.2) is 19.3 Å². The standard InChI is InChI=1S/C17H18ClNO2/c1-12(14-6-2-3-7-15(14)18)19-10-13-11-20-16-8-4-5-9-17(16)21-13/h2-9,12-13,19H,10-11H2,1H3. The summed E-state index contributed by atoms with van der Waals surface area (Å²) in [6, 6.07) is 15.8. The molecule has 2 unspecified atom stereocenters. The van der Waals surface area contributed by atoms with E-state index >= 15 is 0 Å². The van der Waals surface area contributed by atoms with Gasteiger partial charge in [0.1, 0.15) is 12.7 Å². The first kappa shape index (κ1) is 14.2. The number of rotatable bonds is 4. The lowest BCUT2D eigenvalue weighted by molar-refractivity contribution is 0.0886. The lowest BCUT2D eigenvalue weighted by atomic mass is 10.1. The highest BCUT2D eigenvalue weighted by Gasteiger charge is 2.21. The van der Waals surface area contributed by atoms with E-state index in [9.17, 15) is 0 Å². The van der Waals surface area contributed by atoms with Crippen molar-refractivity contribution >= 4 is 11.6 Å². The zero-order valence-electron chi connectivity index (χ0n) is 11.9. The Hall–Kier alpha value is -1.71. The highest BCUT2D eigenvalue weighted by Crippen LogP contribution is 2.31. The molecular formula is C17H18ClNO2. The highest BCUT2D eigenvalue weighted by molar-refractivity contribution is 6.31. The molecule has 110 valence electrons. The molecule has 0 spiro atoms. The van der Waals surface area contributed by atoms with Gasteiger partial charge in [0.25, 0.3) is 0 Å². The fourth-order valence-electron chi connectivity index (χ4n) is 2.41. The quantitative estimate of drug-likeness (QED) is 0.931. The minimum absolute atomic E-state index is 0.00448. The lowest BCUT2D eigenvalue weighted by Gasteiger charge is -2.28. The summed E-state index contributed by atoms with van der Waals surface area (Å²) in [6.45, 7) is 3.36. The largest absolute Gasteiger partial charge is 0.486 e. The Balaban J connectivity index is 1.58. The molecule has 0 saturated carbocycles. The Kier molecular flexibility index (Phi) is 4.32. The van der Waals surface area contributed by atoms with Gasteiger partial charge in [0.05, 0.1) is 0 Å². The summed E-state index contributed by atoms with van der Waals surface area (Å²) in [7, 11) is 0. The monoisotopic (exact) mass is 303 g/mol. The molecule has 1 heterocycles. The Morgan fingerprint density at radius 2 is 1.86 bits per heavy atom. The number of para-hydroxylation sites is 2. The minimum Gasteiger partial charge on any atom is -0.486 e. The molecule has 2 aromatic rings. The third-order valence-corrected chi connectivity index (χ3v) is 3.94. The van der Waals surface area contributed by atoms with Crippen LogP contribution in [0, 0.1) is 0 Å². The van der Waals surface area contributed by atoms with E-state index in [1.807, 2.05) is 48.5 Å². The van der Waals surface area contributed by atoms with Crippen LogP contribution < -0.4 is 14.8 Å². The predicted molar refractivity (Wildman–Crippen MR) is 84.2 cm³/mol. The third-order valence-electron chi connectivity index (χ3n) is 3.59. The highest BCUT2D eigenvalue weighted by atomic mass is 35.5. The first-order valence-electron chi connectivity index (χ1n) is 7.10. The molecule has 4 heteroatoms. The van der Waals surface area contributed by atoms with E-state index in [0.29, 0.717) is 13.2 Å². The van der Waals surface area contributed by atoms with Crippen molar-refractivity contribution < 1.29 is 9.47 Å². The minimum atomic E-state index is 0.00448. The van der Waals surface area contributed by atoms with Crippen molar-refractivity contribution in [1.82, 2.24) is 5.32 Å². The van der Waals surface area contributed by atoms with Gasteiger partial charge in [0.2, 0.25) is 0 Å².